The van der Waals surface area contributed by atoms with Crippen LogP contribution in [-0.4, -0.2) is 0 Å². The van der Waals surface area contributed by atoms with Crippen LogP contribution in [0.25, 0.3) is 11.0 Å². The molecule has 0 saturated carbocycles. The summed E-state index contributed by atoms with van der Waals surface area (Å²) in [6.07, 6.45) is 0.924. The van der Waals surface area contributed by atoms with Crippen LogP contribution in [0.15, 0.2) is 34.7 Å². The first-order chi connectivity index (χ1) is 6.31. The van der Waals surface area contributed by atoms with Crippen LogP contribution in [0.1, 0.15) is 12.5 Å². The second-order valence-corrected chi connectivity index (χ2v) is 3.32. The van der Waals surface area contributed by atoms with Gasteiger partial charge in [0.2, 0.25) is 0 Å². The summed E-state index contributed by atoms with van der Waals surface area (Å²) < 4.78 is 6.11. The van der Waals surface area contributed by atoms with Crippen LogP contribution >= 0.6 is 12.2 Å². The lowest BCUT2D eigenvalue weighted by Gasteiger charge is -1.99. The van der Waals surface area contributed by atoms with Gasteiger partial charge in [0.25, 0.3) is 0 Å². The van der Waals surface area contributed by atoms with E-state index in [1.807, 2.05) is 24.3 Å². The van der Waals surface area contributed by atoms with Gasteiger partial charge in [-0.3, -0.25) is 0 Å². The van der Waals surface area contributed by atoms with Crippen LogP contribution in [0.4, 0.5) is 0 Å². The second kappa shape index (κ2) is 3.30. The molecular formula is C11H10OS. The molecule has 1 nitrogen and oxygen atoms in total. The molecule has 2 heteroatoms. The molecule has 66 valence electrons. The van der Waals surface area contributed by atoms with Crippen LogP contribution in [0.5, 0.6) is 0 Å². The van der Waals surface area contributed by atoms with Gasteiger partial charge in [0, 0.05) is 10.9 Å². The number of benzene rings is 1. The number of hydrogen-bond acceptors (Lipinski definition) is 2. The Bertz CT molecular complexity index is 485. The summed E-state index contributed by atoms with van der Waals surface area (Å²) in [5.74, 6) is 0. The van der Waals surface area contributed by atoms with Crippen molar-refractivity contribution in [3.63, 3.8) is 0 Å². The average molecular weight is 190 g/mol. The van der Waals surface area contributed by atoms with Gasteiger partial charge in [-0.1, -0.05) is 25.1 Å². The van der Waals surface area contributed by atoms with Crippen molar-refractivity contribution in [2.24, 2.45) is 0 Å². The predicted octanol–water partition coefficient (Wildman–Crippen LogP) is 3.72. The SMILES string of the molecule is CCc1cc2ccccc2oc1=S. The molecular weight excluding hydrogens is 180 g/mol. The van der Waals surface area contributed by atoms with Gasteiger partial charge in [0.15, 0.2) is 4.71 Å². The van der Waals surface area contributed by atoms with Gasteiger partial charge >= 0.3 is 0 Å². The van der Waals surface area contributed by atoms with Gasteiger partial charge in [-0.05, 0) is 30.8 Å². The summed E-state index contributed by atoms with van der Waals surface area (Å²) in [6.45, 7) is 2.08. The molecule has 13 heavy (non-hydrogen) atoms. The van der Waals surface area contributed by atoms with Crippen molar-refractivity contribution < 1.29 is 4.42 Å². The van der Waals surface area contributed by atoms with E-state index >= 15 is 0 Å². The van der Waals surface area contributed by atoms with E-state index < -0.39 is 0 Å². The maximum atomic E-state index is 5.50. The van der Waals surface area contributed by atoms with Crippen molar-refractivity contribution in [3.05, 3.63) is 40.6 Å². The zero-order valence-corrected chi connectivity index (χ0v) is 8.23. The van der Waals surface area contributed by atoms with Crippen molar-refractivity contribution >= 4 is 23.2 Å². The first-order valence-electron chi connectivity index (χ1n) is 4.33. The number of hydrogen-bond donors (Lipinski definition) is 0. The highest BCUT2D eigenvalue weighted by Gasteiger charge is 1.98. The number of fused-ring (bicyclic) bond motifs is 1. The summed E-state index contributed by atoms with van der Waals surface area (Å²) in [5.41, 5.74) is 1.97. The Labute approximate surface area is 82.0 Å². The standard InChI is InChI=1S/C11H10OS/c1-2-8-7-9-5-3-4-6-10(9)12-11(8)13/h3-7H,2H2,1H3. The summed E-state index contributed by atoms with van der Waals surface area (Å²) in [7, 11) is 0. The molecule has 0 saturated heterocycles. The molecule has 0 atom stereocenters. The number of para-hydroxylation sites is 1. The molecule has 0 aliphatic carbocycles. The normalized spacial score (nSPS) is 10.5. The first kappa shape index (κ1) is 8.45. The number of aryl methyl sites for hydroxylation is 1. The van der Waals surface area contributed by atoms with Crippen molar-refractivity contribution in [1.82, 2.24) is 0 Å². The molecule has 0 bridgehead atoms. The van der Waals surface area contributed by atoms with E-state index in [0.717, 1.165) is 23.0 Å². The van der Waals surface area contributed by atoms with Gasteiger partial charge in [-0.25, -0.2) is 0 Å². The topological polar surface area (TPSA) is 13.1 Å². The minimum atomic E-state index is 0.612. The zero-order valence-electron chi connectivity index (χ0n) is 7.41. The minimum absolute atomic E-state index is 0.612. The van der Waals surface area contributed by atoms with Gasteiger partial charge < -0.3 is 4.42 Å². The summed E-state index contributed by atoms with van der Waals surface area (Å²) >= 11 is 5.11. The van der Waals surface area contributed by atoms with Crippen molar-refractivity contribution in [2.75, 3.05) is 0 Å². The highest BCUT2D eigenvalue weighted by Crippen LogP contribution is 2.17. The van der Waals surface area contributed by atoms with E-state index in [1.165, 1.54) is 0 Å². The monoisotopic (exact) mass is 190 g/mol. The van der Waals surface area contributed by atoms with E-state index in [0.29, 0.717) is 4.71 Å². The third-order valence-corrected chi connectivity index (χ3v) is 2.44. The Kier molecular flexibility index (Phi) is 2.15. The Balaban J connectivity index is 2.81. The van der Waals surface area contributed by atoms with E-state index in [4.69, 9.17) is 16.6 Å². The molecule has 0 N–H and O–H groups in total. The van der Waals surface area contributed by atoms with E-state index in [9.17, 15) is 0 Å². The fraction of sp³-hybridized carbons (Fsp3) is 0.182. The molecule has 0 aliphatic heterocycles. The van der Waals surface area contributed by atoms with Gasteiger partial charge in [0.05, 0.1) is 0 Å². The van der Waals surface area contributed by atoms with Gasteiger partial charge in [-0.15, -0.1) is 0 Å². The molecule has 1 heterocycles. The Morgan fingerprint density at radius 1 is 1.31 bits per heavy atom. The zero-order chi connectivity index (χ0) is 9.26. The molecule has 0 amide bonds. The van der Waals surface area contributed by atoms with Gasteiger partial charge in [0.1, 0.15) is 5.58 Å². The molecule has 0 radical (unpaired) electrons. The molecule has 0 spiro atoms. The lowest BCUT2D eigenvalue weighted by atomic mass is 10.1. The maximum Gasteiger partial charge on any atom is 0.193 e. The summed E-state index contributed by atoms with van der Waals surface area (Å²) in [5, 5.41) is 1.12. The largest absolute Gasteiger partial charge is 0.445 e. The van der Waals surface area contributed by atoms with Crippen molar-refractivity contribution in [2.45, 2.75) is 13.3 Å². The number of rotatable bonds is 1. The molecule has 0 aliphatic rings. The minimum Gasteiger partial charge on any atom is -0.445 e. The molecule has 1 aromatic carbocycles. The smallest absolute Gasteiger partial charge is 0.193 e. The third kappa shape index (κ3) is 1.49. The Hall–Kier alpha value is -1.15. The summed E-state index contributed by atoms with van der Waals surface area (Å²) in [4.78, 5) is 0. The van der Waals surface area contributed by atoms with E-state index in [-0.39, 0.29) is 0 Å². The molecule has 0 fully saturated rings. The first-order valence-corrected chi connectivity index (χ1v) is 4.74. The highest BCUT2D eigenvalue weighted by atomic mass is 32.1. The predicted molar refractivity (Wildman–Crippen MR) is 56.4 cm³/mol. The van der Waals surface area contributed by atoms with Crippen molar-refractivity contribution in [3.8, 4) is 0 Å². The van der Waals surface area contributed by atoms with Crippen molar-refractivity contribution in [1.29, 1.82) is 0 Å². The molecule has 0 unspecified atom stereocenters. The third-order valence-electron chi connectivity index (χ3n) is 2.09. The fourth-order valence-electron chi connectivity index (χ4n) is 1.35. The summed E-state index contributed by atoms with van der Waals surface area (Å²) in [6, 6.07) is 10.0. The maximum absolute atomic E-state index is 5.50. The van der Waals surface area contributed by atoms with Crippen LogP contribution in [-0.2, 0) is 6.42 Å². The highest BCUT2D eigenvalue weighted by molar-refractivity contribution is 7.71. The Morgan fingerprint density at radius 2 is 2.08 bits per heavy atom. The van der Waals surface area contributed by atoms with Gasteiger partial charge in [-0.2, -0.15) is 0 Å². The molecule has 2 rings (SSSR count). The van der Waals surface area contributed by atoms with Crippen LogP contribution < -0.4 is 0 Å². The average Bonchev–Trinajstić information content (AvgIpc) is 2.17. The Morgan fingerprint density at radius 3 is 2.85 bits per heavy atom. The quantitative estimate of drug-likeness (QED) is 0.636. The van der Waals surface area contributed by atoms with E-state index in [1.54, 1.807) is 0 Å². The van der Waals surface area contributed by atoms with Crippen LogP contribution in [0, 0.1) is 4.71 Å². The van der Waals surface area contributed by atoms with E-state index in [2.05, 4.69) is 13.0 Å². The fourth-order valence-corrected chi connectivity index (χ4v) is 1.64. The van der Waals surface area contributed by atoms with Crippen LogP contribution in [0.3, 0.4) is 0 Å². The lowest BCUT2D eigenvalue weighted by Crippen LogP contribution is -1.82. The molecule has 2 aromatic rings. The van der Waals surface area contributed by atoms with Crippen LogP contribution in [0.2, 0.25) is 0 Å². The second-order valence-electron chi connectivity index (χ2n) is 2.95. The molecule has 1 aromatic heterocycles. The lowest BCUT2D eigenvalue weighted by molar-refractivity contribution is 0.578.